The van der Waals surface area contributed by atoms with Gasteiger partial charge in [0.25, 0.3) is 0 Å². The Labute approximate surface area is 173 Å². The molecule has 1 N–H and O–H groups in total. The Morgan fingerprint density at radius 1 is 1.07 bits per heavy atom. The van der Waals surface area contributed by atoms with Crippen molar-refractivity contribution in [3.63, 3.8) is 0 Å². The Balaban J connectivity index is 2.31. The first-order valence-corrected chi connectivity index (χ1v) is 11.5. The van der Waals surface area contributed by atoms with Crippen molar-refractivity contribution in [3.8, 4) is 5.75 Å². The summed E-state index contributed by atoms with van der Waals surface area (Å²) in [4.78, 5) is 13.0. The Morgan fingerprint density at radius 3 is 2.07 bits per heavy atom. The van der Waals surface area contributed by atoms with Crippen LogP contribution in [0.1, 0.15) is 38.3 Å². The quantitative estimate of drug-likeness (QED) is 0.694. The molecule has 0 heterocycles. The van der Waals surface area contributed by atoms with Crippen molar-refractivity contribution >= 4 is 27.3 Å². The van der Waals surface area contributed by atoms with Crippen LogP contribution < -0.4 is 14.4 Å². The van der Waals surface area contributed by atoms with Gasteiger partial charge in [0.2, 0.25) is 15.9 Å². The molecule has 0 aliphatic carbocycles. The van der Waals surface area contributed by atoms with Crippen LogP contribution in [0.3, 0.4) is 0 Å². The van der Waals surface area contributed by atoms with Crippen molar-refractivity contribution in [1.29, 1.82) is 0 Å². The molecule has 0 aliphatic heterocycles. The zero-order valence-electron chi connectivity index (χ0n) is 17.9. The van der Waals surface area contributed by atoms with Crippen molar-refractivity contribution in [2.24, 2.45) is 0 Å². The lowest BCUT2D eigenvalue weighted by atomic mass is 10.1. The summed E-state index contributed by atoms with van der Waals surface area (Å²) in [5, 5.41) is 2.82. The maximum Gasteiger partial charge on any atom is 0.248 e. The lowest BCUT2D eigenvalue weighted by Crippen LogP contribution is -2.47. The van der Waals surface area contributed by atoms with E-state index in [-0.39, 0.29) is 12.0 Å². The molecular weight excluding hydrogens is 388 g/mol. The third kappa shape index (κ3) is 6.22. The zero-order chi connectivity index (χ0) is 21.8. The number of rotatable bonds is 8. The number of anilines is 2. The molecule has 2 aromatic rings. The number of ether oxygens (including phenoxy) is 1. The molecule has 29 heavy (non-hydrogen) atoms. The van der Waals surface area contributed by atoms with Gasteiger partial charge < -0.3 is 10.1 Å². The smallest absolute Gasteiger partial charge is 0.248 e. The Kier molecular flexibility index (Phi) is 7.30. The molecule has 0 bridgehead atoms. The van der Waals surface area contributed by atoms with Crippen molar-refractivity contribution < 1.29 is 17.9 Å². The molecule has 0 fully saturated rings. The van der Waals surface area contributed by atoms with E-state index < -0.39 is 16.1 Å². The molecule has 7 heteroatoms. The van der Waals surface area contributed by atoms with E-state index in [4.69, 9.17) is 4.74 Å². The minimum atomic E-state index is -3.67. The highest BCUT2D eigenvalue weighted by molar-refractivity contribution is 7.92. The standard InChI is InChI=1S/C22H30N2O4S/c1-7-21(22(25)23-18-8-10-20(11-9-18)28-15(2)3)24(29(6,26)27)19-13-16(4)12-17(5)14-19/h8-15,21H,7H2,1-6H3,(H,23,25)/t21-/m1/s1. The molecule has 0 aromatic heterocycles. The van der Waals surface area contributed by atoms with Crippen LogP contribution in [0.25, 0.3) is 0 Å². The fourth-order valence-electron chi connectivity index (χ4n) is 3.25. The van der Waals surface area contributed by atoms with Gasteiger partial charge in [-0.15, -0.1) is 0 Å². The first kappa shape index (κ1) is 22.7. The lowest BCUT2D eigenvalue weighted by Gasteiger charge is -2.30. The highest BCUT2D eigenvalue weighted by Gasteiger charge is 2.31. The molecule has 0 saturated heterocycles. The highest BCUT2D eigenvalue weighted by Crippen LogP contribution is 2.26. The molecule has 0 aliphatic rings. The van der Waals surface area contributed by atoms with Crippen LogP contribution in [0, 0.1) is 13.8 Å². The summed E-state index contributed by atoms with van der Waals surface area (Å²) in [7, 11) is -3.67. The monoisotopic (exact) mass is 418 g/mol. The number of carbonyl (C=O) groups is 1. The van der Waals surface area contributed by atoms with Gasteiger partial charge in [-0.25, -0.2) is 8.42 Å². The van der Waals surface area contributed by atoms with Crippen LogP contribution in [0.4, 0.5) is 11.4 Å². The number of aryl methyl sites for hydroxylation is 2. The first-order chi connectivity index (χ1) is 13.5. The highest BCUT2D eigenvalue weighted by atomic mass is 32.2. The van der Waals surface area contributed by atoms with Crippen molar-refractivity contribution in [2.45, 2.75) is 53.2 Å². The van der Waals surface area contributed by atoms with Crippen molar-refractivity contribution in [2.75, 3.05) is 15.9 Å². The summed E-state index contributed by atoms with van der Waals surface area (Å²) in [5.74, 6) is 0.327. The number of hydrogen-bond acceptors (Lipinski definition) is 4. The average molecular weight is 419 g/mol. The van der Waals surface area contributed by atoms with E-state index in [0.717, 1.165) is 17.4 Å². The average Bonchev–Trinajstić information content (AvgIpc) is 2.58. The number of nitrogens with zero attached hydrogens (tertiary/aromatic N) is 1. The fraction of sp³-hybridized carbons (Fsp3) is 0.409. The van der Waals surface area contributed by atoms with Gasteiger partial charge in [0, 0.05) is 5.69 Å². The van der Waals surface area contributed by atoms with E-state index in [9.17, 15) is 13.2 Å². The minimum Gasteiger partial charge on any atom is -0.491 e. The van der Waals surface area contributed by atoms with Gasteiger partial charge in [0.05, 0.1) is 18.0 Å². The van der Waals surface area contributed by atoms with Crippen LogP contribution in [0.15, 0.2) is 42.5 Å². The van der Waals surface area contributed by atoms with E-state index >= 15 is 0 Å². The number of nitrogens with one attached hydrogen (secondary N) is 1. The largest absolute Gasteiger partial charge is 0.491 e. The number of amides is 1. The van der Waals surface area contributed by atoms with Gasteiger partial charge in [0.1, 0.15) is 11.8 Å². The van der Waals surface area contributed by atoms with Gasteiger partial charge >= 0.3 is 0 Å². The van der Waals surface area contributed by atoms with Gasteiger partial charge in [-0.1, -0.05) is 13.0 Å². The number of hydrogen-bond donors (Lipinski definition) is 1. The molecule has 2 aromatic carbocycles. The van der Waals surface area contributed by atoms with Crippen LogP contribution in [-0.2, 0) is 14.8 Å². The number of sulfonamides is 1. The molecule has 0 saturated carbocycles. The minimum absolute atomic E-state index is 0.0565. The summed E-state index contributed by atoms with van der Waals surface area (Å²) in [5.41, 5.74) is 2.94. The summed E-state index contributed by atoms with van der Waals surface area (Å²) in [6.07, 6.45) is 1.51. The molecule has 1 atom stereocenters. The number of benzene rings is 2. The van der Waals surface area contributed by atoms with Gasteiger partial charge in [-0.2, -0.15) is 0 Å². The van der Waals surface area contributed by atoms with Gasteiger partial charge in [-0.3, -0.25) is 9.10 Å². The van der Waals surface area contributed by atoms with Gasteiger partial charge in [-0.05, 0) is 81.6 Å². The second kappa shape index (κ2) is 9.31. The normalized spacial score (nSPS) is 12.5. The molecular formula is C22H30N2O4S. The third-order valence-corrected chi connectivity index (χ3v) is 5.46. The first-order valence-electron chi connectivity index (χ1n) is 9.66. The topological polar surface area (TPSA) is 75.7 Å². The van der Waals surface area contributed by atoms with E-state index in [1.165, 1.54) is 4.31 Å². The maximum absolute atomic E-state index is 13.0. The maximum atomic E-state index is 13.0. The lowest BCUT2D eigenvalue weighted by molar-refractivity contribution is -0.117. The molecule has 0 unspecified atom stereocenters. The molecule has 2 rings (SSSR count). The predicted octanol–water partition coefficient (Wildman–Crippen LogP) is 4.27. The molecule has 0 radical (unpaired) electrons. The summed E-state index contributed by atoms with van der Waals surface area (Å²) in [6.45, 7) is 9.48. The van der Waals surface area contributed by atoms with E-state index in [1.54, 1.807) is 43.3 Å². The molecule has 158 valence electrons. The molecule has 0 spiro atoms. The number of carbonyl (C=O) groups excluding carboxylic acids is 1. The van der Waals surface area contributed by atoms with E-state index in [0.29, 0.717) is 23.5 Å². The van der Waals surface area contributed by atoms with Crippen LogP contribution in [0.2, 0.25) is 0 Å². The predicted molar refractivity (Wildman–Crippen MR) is 118 cm³/mol. The van der Waals surface area contributed by atoms with Gasteiger partial charge in [0.15, 0.2) is 0 Å². The summed E-state index contributed by atoms with van der Waals surface area (Å²) < 4.78 is 32.0. The SMILES string of the molecule is CC[C@H](C(=O)Nc1ccc(OC(C)C)cc1)N(c1cc(C)cc(C)c1)S(C)(=O)=O. The Morgan fingerprint density at radius 2 is 1.62 bits per heavy atom. The molecule has 6 nitrogen and oxygen atoms in total. The van der Waals surface area contributed by atoms with E-state index in [1.807, 2.05) is 33.8 Å². The second-order valence-corrected chi connectivity index (χ2v) is 9.37. The molecule has 1 amide bonds. The third-order valence-electron chi connectivity index (χ3n) is 4.28. The fourth-order valence-corrected chi connectivity index (χ4v) is 4.45. The summed E-state index contributed by atoms with van der Waals surface area (Å²) in [6, 6.07) is 11.7. The van der Waals surface area contributed by atoms with Crippen LogP contribution >= 0.6 is 0 Å². The Hall–Kier alpha value is -2.54. The second-order valence-electron chi connectivity index (χ2n) is 7.51. The van der Waals surface area contributed by atoms with Crippen molar-refractivity contribution in [1.82, 2.24) is 0 Å². The zero-order valence-corrected chi connectivity index (χ0v) is 18.7. The van der Waals surface area contributed by atoms with Crippen LogP contribution in [-0.4, -0.2) is 32.7 Å². The van der Waals surface area contributed by atoms with Crippen molar-refractivity contribution in [3.05, 3.63) is 53.6 Å². The Bertz CT molecular complexity index is 933. The van der Waals surface area contributed by atoms with E-state index in [2.05, 4.69) is 5.32 Å². The van der Waals surface area contributed by atoms with Crippen LogP contribution in [0.5, 0.6) is 5.75 Å². The summed E-state index contributed by atoms with van der Waals surface area (Å²) >= 11 is 0.